The lowest BCUT2D eigenvalue weighted by molar-refractivity contribution is 0.0313. The molecule has 5 rings (SSSR count). The van der Waals surface area contributed by atoms with Gasteiger partial charge in [-0.25, -0.2) is 18.7 Å². The molecule has 0 spiro atoms. The number of alkyl halides is 2. The van der Waals surface area contributed by atoms with Gasteiger partial charge >= 0.3 is 0 Å². The average Bonchev–Trinajstić information content (AvgIpc) is 3.37. The Morgan fingerprint density at radius 3 is 2.62 bits per heavy atom. The molecule has 1 aromatic carbocycles. The maximum atomic E-state index is 15.4. The number of phenolic OH excluding ortho intramolecular Hbond substituents is 1. The van der Waals surface area contributed by atoms with Crippen molar-refractivity contribution in [2.45, 2.75) is 51.5 Å². The first-order valence-electron chi connectivity index (χ1n) is 10.7. The average molecular weight is 440 g/mol. The van der Waals surface area contributed by atoms with Crippen LogP contribution in [0.1, 0.15) is 33.1 Å². The van der Waals surface area contributed by atoms with Gasteiger partial charge in [-0.3, -0.25) is 0 Å². The van der Waals surface area contributed by atoms with E-state index in [4.69, 9.17) is 0 Å². The quantitative estimate of drug-likeness (QED) is 0.657. The molecule has 1 unspecified atom stereocenters. The number of anilines is 1. The molecule has 0 radical (unpaired) electrons. The van der Waals surface area contributed by atoms with Gasteiger partial charge in [-0.1, -0.05) is 13.8 Å². The number of phenols is 1. The zero-order valence-electron chi connectivity index (χ0n) is 18.3. The van der Waals surface area contributed by atoms with Crippen molar-refractivity contribution in [2.24, 2.45) is 10.8 Å². The summed E-state index contributed by atoms with van der Waals surface area (Å²) in [6, 6.07) is 4.66. The first-order chi connectivity index (χ1) is 15.2. The van der Waals surface area contributed by atoms with Gasteiger partial charge in [-0.2, -0.15) is 0 Å². The number of imidazole rings is 1. The number of hydrogen-bond donors (Lipinski definition) is 1. The fourth-order valence-electron chi connectivity index (χ4n) is 5.56. The van der Waals surface area contributed by atoms with Crippen molar-refractivity contribution in [1.82, 2.24) is 24.7 Å². The third-order valence-electron chi connectivity index (χ3n) is 7.31. The molecule has 0 amide bonds. The third kappa shape index (κ3) is 3.22. The maximum Gasteiger partial charge on any atom is 0.245 e. The second kappa shape index (κ2) is 7.21. The van der Waals surface area contributed by atoms with E-state index < -0.39 is 29.2 Å². The first-order valence-corrected chi connectivity index (χ1v) is 10.7. The van der Waals surface area contributed by atoms with E-state index in [-0.39, 0.29) is 18.1 Å². The highest BCUT2D eigenvalue weighted by Gasteiger charge is 2.61. The molecule has 2 aliphatic carbocycles. The summed E-state index contributed by atoms with van der Waals surface area (Å²) in [7, 11) is 1.73. The van der Waals surface area contributed by atoms with Crippen LogP contribution in [0.3, 0.4) is 0 Å². The fourth-order valence-corrected chi connectivity index (χ4v) is 5.56. The van der Waals surface area contributed by atoms with Crippen LogP contribution < -0.4 is 4.90 Å². The molecule has 2 aliphatic rings. The molecule has 0 aliphatic heterocycles. The zero-order valence-corrected chi connectivity index (χ0v) is 18.3. The molecule has 9 heteroatoms. The molecule has 32 heavy (non-hydrogen) atoms. The van der Waals surface area contributed by atoms with Gasteiger partial charge in [0.25, 0.3) is 0 Å². The topological polar surface area (TPSA) is 80.0 Å². The van der Waals surface area contributed by atoms with Crippen molar-refractivity contribution in [3.8, 4) is 22.7 Å². The van der Waals surface area contributed by atoms with Gasteiger partial charge in [0.15, 0.2) is 0 Å². The van der Waals surface area contributed by atoms with Crippen LogP contribution in [0, 0.1) is 10.8 Å². The van der Waals surface area contributed by atoms with Crippen LogP contribution in [0.4, 0.5) is 14.7 Å². The SMILES string of the molecule is CN(c1ncc(-c2ccc(-n3ccnc3)cc2O)nn1)[C@@H]1C[C@]2(C)C[C@@](C)(CC2F)[C@H]1F. The van der Waals surface area contributed by atoms with Crippen LogP contribution in [0.15, 0.2) is 43.1 Å². The Morgan fingerprint density at radius 2 is 1.97 bits per heavy atom. The molecular formula is C23H26F2N6O. The Labute approximate surface area is 185 Å². The minimum Gasteiger partial charge on any atom is -0.507 e. The number of fused-ring (bicyclic) bond motifs is 2. The second-order valence-electron chi connectivity index (χ2n) is 9.76. The van der Waals surface area contributed by atoms with Crippen molar-refractivity contribution >= 4 is 5.95 Å². The predicted molar refractivity (Wildman–Crippen MR) is 116 cm³/mol. The van der Waals surface area contributed by atoms with Crippen molar-refractivity contribution < 1.29 is 13.9 Å². The lowest BCUT2D eigenvalue weighted by Crippen LogP contribution is -2.52. The number of hydrogen-bond acceptors (Lipinski definition) is 6. The van der Waals surface area contributed by atoms with Crippen molar-refractivity contribution in [3.05, 3.63) is 43.1 Å². The molecule has 2 bridgehead atoms. The van der Waals surface area contributed by atoms with Gasteiger partial charge < -0.3 is 14.6 Å². The normalized spacial score (nSPS) is 31.6. The van der Waals surface area contributed by atoms with E-state index >= 15 is 4.39 Å². The van der Waals surface area contributed by atoms with E-state index in [2.05, 4.69) is 20.2 Å². The number of nitrogens with zero attached hydrogens (tertiary/aromatic N) is 6. The molecule has 3 aromatic rings. The highest BCUT2D eigenvalue weighted by atomic mass is 19.1. The van der Waals surface area contributed by atoms with Crippen LogP contribution in [0.25, 0.3) is 16.9 Å². The highest BCUT2D eigenvalue weighted by Crippen LogP contribution is 2.60. The molecular weight excluding hydrogens is 414 g/mol. The number of halogens is 2. The predicted octanol–water partition coefficient (Wildman–Crippen LogP) is 4.12. The maximum absolute atomic E-state index is 15.4. The summed E-state index contributed by atoms with van der Waals surface area (Å²) in [6.45, 7) is 3.75. The molecule has 168 valence electrons. The van der Waals surface area contributed by atoms with Gasteiger partial charge in [-0.05, 0) is 31.4 Å². The smallest absolute Gasteiger partial charge is 0.245 e. The van der Waals surface area contributed by atoms with Gasteiger partial charge in [0.05, 0.1) is 24.3 Å². The first kappa shape index (κ1) is 20.8. The van der Waals surface area contributed by atoms with Crippen molar-refractivity contribution in [1.29, 1.82) is 0 Å². The van der Waals surface area contributed by atoms with E-state index in [1.54, 1.807) is 47.4 Å². The van der Waals surface area contributed by atoms with E-state index in [0.29, 0.717) is 24.1 Å². The summed E-state index contributed by atoms with van der Waals surface area (Å²) in [5.74, 6) is 0.316. The minimum atomic E-state index is -1.18. The van der Waals surface area contributed by atoms with Crippen LogP contribution >= 0.6 is 0 Å². The van der Waals surface area contributed by atoms with E-state index in [1.165, 1.54) is 6.20 Å². The summed E-state index contributed by atoms with van der Waals surface area (Å²) in [6.07, 6.45) is 5.62. The van der Waals surface area contributed by atoms with Gasteiger partial charge in [0.1, 0.15) is 23.8 Å². The van der Waals surface area contributed by atoms with E-state index in [9.17, 15) is 9.50 Å². The summed E-state index contributed by atoms with van der Waals surface area (Å²) >= 11 is 0. The minimum absolute atomic E-state index is 0.0379. The van der Waals surface area contributed by atoms with Crippen LogP contribution in [-0.2, 0) is 0 Å². The van der Waals surface area contributed by atoms with Crippen molar-refractivity contribution in [2.75, 3.05) is 11.9 Å². The van der Waals surface area contributed by atoms with Crippen LogP contribution in [-0.4, -0.2) is 55.3 Å². The van der Waals surface area contributed by atoms with Crippen LogP contribution in [0.2, 0.25) is 0 Å². The van der Waals surface area contributed by atoms with Crippen molar-refractivity contribution in [3.63, 3.8) is 0 Å². The Hall–Kier alpha value is -3.10. The standard InChI is InChI=1S/C23H26F2N6O/c1-22-9-17(20(25)23(2,12-22)10-19(22)24)30(3)21-27-11-16(28-29-21)15-5-4-14(8-18(15)32)31-7-6-26-13-31/h4-8,11,13,17,19-20,32H,9-10,12H2,1-3H3/t17-,19?,20+,22-,23-/m1/s1. The molecule has 2 aromatic heterocycles. The Kier molecular flexibility index (Phi) is 4.69. The molecule has 7 nitrogen and oxygen atoms in total. The van der Waals surface area contributed by atoms with Crippen LogP contribution in [0.5, 0.6) is 5.75 Å². The second-order valence-corrected chi connectivity index (χ2v) is 9.76. The summed E-state index contributed by atoms with van der Waals surface area (Å²) in [5, 5.41) is 18.9. The molecule has 2 saturated carbocycles. The van der Waals surface area contributed by atoms with Gasteiger partial charge in [0, 0.05) is 41.9 Å². The van der Waals surface area contributed by atoms with E-state index in [0.717, 1.165) is 5.69 Å². The number of benzene rings is 1. The molecule has 5 atom stereocenters. The summed E-state index contributed by atoms with van der Waals surface area (Å²) in [4.78, 5) is 10.1. The Morgan fingerprint density at radius 1 is 1.16 bits per heavy atom. The van der Waals surface area contributed by atoms with Gasteiger partial charge in [0.2, 0.25) is 5.95 Å². The molecule has 0 saturated heterocycles. The monoisotopic (exact) mass is 440 g/mol. The fraction of sp³-hybridized carbons (Fsp3) is 0.478. The molecule has 2 fully saturated rings. The highest BCUT2D eigenvalue weighted by molar-refractivity contribution is 5.68. The Balaban J connectivity index is 1.38. The van der Waals surface area contributed by atoms with Gasteiger partial charge in [-0.15, -0.1) is 10.2 Å². The summed E-state index contributed by atoms with van der Waals surface area (Å²) < 4.78 is 31.9. The molecule has 2 heterocycles. The largest absolute Gasteiger partial charge is 0.507 e. The lowest BCUT2D eigenvalue weighted by atomic mass is 9.67. The Bertz CT molecular complexity index is 1120. The zero-order chi connectivity index (χ0) is 22.7. The lowest BCUT2D eigenvalue weighted by Gasteiger charge is -2.46. The third-order valence-corrected chi connectivity index (χ3v) is 7.31. The number of aromatic hydroxyl groups is 1. The number of aromatic nitrogens is 5. The van der Waals surface area contributed by atoms with E-state index in [1.807, 2.05) is 19.9 Å². The summed E-state index contributed by atoms with van der Waals surface area (Å²) in [5.41, 5.74) is 0.436. The number of rotatable bonds is 4. The molecule has 1 N–H and O–H groups in total.